The van der Waals surface area contributed by atoms with Gasteiger partial charge in [-0.3, -0.25) is 9.78 Å². The lowest BCUT2D eigenvalue weighted by Gasteiger charge is -2.28. The Kier molecular flexibility index (Phi) is 7.78. The van der Waals surface area contributed by atoms with E-state index in [-0.39, 0.29) is 5.91 Å². The molecule has 0 bridgehead atoms. The second-order valence-electron chi connectivity index (χ2n) is 9.30. The van der Waals surface area contributed by atoms with Crippen LogP contribution in [0.4, 0.5) is 0 Å². The van der Waals surface area contributed by atoms with Crippen LogP contribution in [-0.2, 0) is 16.0 Å². The number of aryl methyl sites for hydroxylation is 2. The summed E-state index contributed by atoms with van der Waals surface area (Å²) in [6.07, 6.45) is 4.73. The van der Waals surface area contributed by atoms with Crippen molar-refractivity contribution in [1.29, 1.82) is 0 Å². The molecule has 1 aromatic heterocycles. The van der Waals surface area contributed by atoms with Crippen molar-refractivity contribution >= 4 is 28.9 Å². The van der Waals surface area contributed by atoms with Gasteiger partial charge in [0.1, 0.15) is 11.5 Å². The van der Waals surface area contributed by atoms with Crippen LogP contribution in [0.1, 0.15) is 32.7 Å². The van der Waals surface area contributed by atoms with Crippen LogP contribution in [0, 0.1) is 13.8 Å². The predicted octanol–water partition coefficient (Wildman–Crippen LogP) is 6.54. The third kappa shape index (κ3) is 6.53. The molecule has 1 saturated heterocycles. The number of hydrogen-bond donors (Lipinski definition) is 0. The molecule has 4 aromatic rings. The molecule has 1 aliphatic heterocycles. The normalized spacial score (nSPS) is 14.0. The molecule has 0 atom stereocenters. The fourth-order valence-corrected chi connectivity index (χ4v) is 5.18. The van der Waals surface area contributed by atoms with E-state index >= 15 is 0 Å². The molecule has 37 heavy (non-hydrogen) atoms. The minimum atomic E-state index is 0.0203. The highest BCUT2D eigenvalue weighted by molar-refractivity contribution is 7.09. The summed E-state index contributed by atoms with van der Waals surface area (Å²) in [5.74, 6) is 1.53. The van der Waals surface area contributed by atoms with Gasteiger partial charge in [-0.25, -0.2) is 0 Å². The molecular weight excluding hydrogens is 480 g/mol. The number of carbonyl (C=O) groups is 1. The Morgan fingerprint density at radius 3 is 2.46 bits per heavy atom. The average molecular weight is 511 g/mol. The van der Waals surface area contributed by atoms with Gasteiger partial charge in [-0.05, 0) is 60.9 Å². The number of hydrogen-bond acceptors (Lipinski definition) is 5. The highest BCUT2D eigenvalue weighted by atomic mass is 32.1. The standard InChI is InChI=1S/C31H30N2O3S/c1-22-14-23(2)16-25(15-22)19-30(31(34)33-10-12-35-13-11-33)26-6-8-27(9-7-26)36-28-5-3-4-24(17-28)18-29-20-32-21-37-29/h3-9,14-17,19-21H,10-13,18H2,1-2H3. The highest BCUT2D eigenvalue weighted by Gasteiger charge is 2.22. The largest absolute Gasteiger partial charge is 0.457 e. The summed E-state index contributed by atoms with van der Waals surface area (Å²) in [6.45, 7) is 6.48. The van der Waals surface area contributed by atoms with Crippen LogP contribution in [0.15, 0.2) is 78.4 Å². The van der Waals surface area contributed by atoms with Gasteiger partial charge in [0.05, 0.1) is 18.7 Å². The van der Waals surface area contributed by atoms with E-state index in [0.717, 1.165) is 29.0 Å². The Labute approximate surface area is 222 Å². The van der Waals surface area contributed by atoms with Gasteiger partial charge in [0, 0.05) is 36.2 Å². The minimum absolute atomic E-state index is 0.0203. The van der Waals surface area contributed by atoms with Crippen molar-refractivity contribution in [2.45, 2.75) is 20.3 Å². The Bertz CT molecular complexity index is 1370. The number of amides is 1. The number of aromatic nitrogens is 1. The van der Waals surface area contributed by atoms with E-state index in [2.05, 4.69) is 49.2 Å². The molecule has 2 heterocycles. The smallest absolute Gasteiger partial charge is 0.254 e. The topological polar surface area (TPSA) is 51.7 Å². The van der Waals surface area contributed by atoms with Gasteiger partial charge in [0.2, 0.25) is 0 Å². The third-order valence-electron chi connectivity index (χ3n) is 6.25. The summed E-state index contributed by atoms with van der Waals surface area (Å²) in [5, 5.41) is 0. The molecule has 3 aromatic carbocycles. The van der Waals surface area contributed by atoms with Crippen molar-refractivity contribution in [1.82, 2.24) is 9.88 Å². The first kappa shape index (κ1) is 24.9. The molecule has 0 radical (unpaired) electrons. The summed E-state index contributed by atoms with van der Waals surface area (Å²) in [7, 11) is 0. The maximum absolute atomic E-state index is 13.6. The van der Waals surface area contributed by atoms with E-state index < -0.39 is 0 Å². The number of morpholine rings is 1. The van der Waals surface area contributed by atoms with Gasteiger partial charge in [0.25, 0.3) is 5.91 Å². The van der Waals surface area contributed by atoms with Crippen molar-refractivity contribution in [3.8, 4) is 11.5 Å². The van der Waals surface area contributed by atoms with Crippen LogP contribution in [-0.4, -0.2) is 42.1 Å². The number of thiazole rings is 1. The van der Waals surface area contributed by atoms with E-state index in [4.69, 9.17) is 9.47 Å². The lowest BCUT2D eigenvalue weighted by molar-refractivity contribution is -0.128. The number of carbonyl (C=O) groups excluding carboxylic acids is 1. The van der Waals surface area contributed by atoms with E-state index in [9.17, 15) is 4.79 Å². The Hall–Kier alpha value is -3.74. The fourth-order valence-electron chi connectivity index (χ4n) is 4.55. The first-order chi connectivity index (χ1) is 18.0. The average Bonchev–Trinajstić information content (AvgIpc) is 3.41. The molecule has 0 N–H and O–H groups in total. The zero-order valence-corrected chi connectivity index (χ0v) is 22.0. The highest BCUT2D eigenvalue weighted by Crippen LogP contribution is 2.28. The fraction of sp³-hybridized carbons (Fsp3) is 0.226. The van der Waals surface area contributed by atoms with E-state index in [1.54, 1.807) is 11.3 Å². The van der Waals surface area contributed by atoms with Crippen molar-refractivity contribution in [3.05, 3.63) is 111 Å². The summed E-state index contributed by atoms with van der Waals surface area (Å²) in [6, 6.07) is 22.2. The zero-order chi connectivity index (χ0) is 25.6. The van der Waals surface area contributed by atoms with Crippen LogP contribution < -0.4 is 4.74 Å². The van der Waals surface area contributed by atoms with E-state index in [0.29, 0.717) is 31.9 Å². The van der Waals surface area contributed by atoms with Gasteiger partial charge in [0.15, 0.2) is 0 Å². The zero-order valence-electron chi connectivity index (χ0n) is 21.1. The van der Waals surface area contributed by atoms with Crippen molar-refractivity contribution in [3.63, 3.8) is 0 Å². The monoisotopic (exact) mass is 510 g/mol. The Balaban J connectivity index is 1.39. The number of ether oxygens (including phenoxy) is 2. The number of nitrogens with zero attached hydrogens (tertiary/aromatic N) is 2. The molecule has 6 heteroatoms. The van der Waals surface area contributed by atoms with E-state index in [1.165, 1.54) is 21.6 Å². The molecule has 5 rings (SSSR count). The maximum atomic E-state index is 13.6. The Morgan fingerprint density at radius 1 is 1.00 bits per heavy atom. The second-order valence-corrected chi connectivity index (χ2v) is 10.3. The maximum Gasteiger partial charge on any atom is 0.254 e. The van der Waals surface area contributed by atoms with Gasteiger partial charge < -0.3 is 14.4 Å². The van der Waals surface area contributed by atoms with Gasteiger partial charge >= 0.3 is 0 Å². The lowest BCUT2D eigenvalue weighted by Crippen LogP contribution is -2.41. The van der Waals surface area contributed by atoms with Crippen molar-refractivity contribution in [2.24, 2.45) is 0 Å². The molecule has 0 unspecified atom stereocenters. The predicted molar refractivity (Wildman–Crippen MR) is 149 cm³/mol. The summed E-state index contributed by atoms with van der Waals surface area (Å²) in [5.41, 5.74) is 7.92. The summed E-state index contributed by atoms with van der Waals surface area (Å²) < 4.78 is 11.6. The molecule has 188 valence electrons. The van der Waals surface area contributed by atoms with Crippen LogP contribution in [0.25, 0.3) is 11.6 Å². The minimum Gasteiger partial charge on any atom is -0.457 e. The first-order valence-corrected chi connectivity index (χ1v) is 13.3. The Morgan fingerprint density at radius 2 is 1.76 bits per heavy atom. The molecule has 1 fully saturated rings. The van der Waals surface area contributed by atoms with Crippen molar-refractivity contribution in [2.75, 3.05) is 26.3 Å². The molecule has 0 aliphatic carbocycles. The SMILES string of the molecule is Cc1cc(C)cc(C=C(C(=O)N2CCOCC2)c2ccc(Oc3cccc(Cc4cncs4)c3)cc2)c1. The third-order valence-corrected chi connectivity index (χ3v) is 7.02. The van der Waals surface area contributed by atoms with Crippen LogP contribution >= 0.6 is 11.3 Å². The van der Waals surface area contributed by atoms with Crippen LogP contribution in [0.3, 0.4) is 0 Å². The molecule has 0 spiro atoms. The summed E-state index contributed by atoms with van der Waals surface area (Å²) >= 11 is 1.65. The summed E-state index contributed by atoms with van der Waals surface area (Å²) in [4.78, 5) is 20.8. The molecule has 1 aliphatic rings. The first-order valence-electron chi connectivity index (χ1n) is 12.4. The van der Waals surface area contributed by atoms with Crippen LogP contribution in [0.2, 0.25) is 0 Å². The van der Waals surface area contributed by atoms with Gasteiger partial charge in [-0.2, -0.15) is 0 Å². The molecule has 5 nitrogen and oxygen atoms in total. The van der Waals surface area contributed by atoms with Gasteiger partial charge in [-0.1, -0.05) is 53.6 Å². The quantitative estimate of drug-likeness (QED) is 0.209. The molecule has 1 amide bonds. The van der Waals surface area contributed by atoms with Crippen LogP contribution in [0.5, 0.6) is 11.5 Å². The molecular formula is C31H30N2O3S. The molecule has 0 saturated carbocycles. The van der Waals surface area contributed by atoms with Crippen molar-refractivity contribution < 1.29 is 14.3 Å². The number of rotatable bonds is 7. The number of benzene rings is 3. The second kappa shape index (κ2) is 11.5. The van der Waals surface area contributed by atoms with E-state index in [1.807, 2.05) is 59.1 Å². The van der Waals surface area contributed by atoms with Gasteiger partial charge in [-0.15, -0.1) is 11.3 Å². The lowest BCUT2D eigenvalue weighted by atomic mass is 9.99.